The quantitative estimate of drug-likeness (QED) is 0.851. The highest BCUT2D eigenvalue weighted by Crippen LogP contribution is 2.30. The Balaban J connectivity index is 1.89. The van der Waals surface area contributed by atoms with Crippen LogP contribution in [0.1, 0.15) is 35.2 Å². The van der Waals surface area contributed by atoms with Gasteiger partial charge in [-0.1, -0.05) is 15.9 Å². The second-order valence-electron chi connectivity index (χ2n) is 4.95. The molecule has 0 saturated heterocycles. The number of halogens is 2. The molecule has 2 rings (SSSR count). The van der Waals surface area contributed by atoms with Crippen LogP contribution in [0.4, 0.5) is 4.39 Å². The molecule has 0 aliphatic heterocycles. The number of alkyl halides is 1. The smallest absolute Gasteiger partial charge is 0.251 e. The van der Waals surface area contributed by atoms with Crippen LogP contribution in [-0.2, 0) is 0 Å². The molecule has 0 aromatic heterocycles. The zero-order valence-electron chi connectivity index (χ0n) is 10.4. The molecule has 98 valence electrons. The van der Waals surface area contributed by atoms with Gasteiger partial charge in [-0.2, -0.15) is 0 Å². The fourth-order valence-corrected chi connectivity index (χ4v) is 3.12. The Morgan fingerprint density at radius 1 is 1.50 bits per heavy atom. The molecule has 1 aliphatic rings. The molecule has 1 aromatic rings. The summed E-state index contributed by atoms with van der Waals surface area (Å²) >= 11 is 3.59. The lowest BCUT2D eigenvalue weighted by atomic mass is 10.1. The van der Waals surface area contributed by atoms with Gasteiger partial charge in [0.05, 0.1) is 0 Å². The minimum absolute atomic E-state index is 0.115. The van der Waals surface area contributed by atoms with Gasteiger partial charge < -0.3 is 5.32 Å². The second-order valence-corrected chi connectivity index (χ2v) is 6.25. The van der Waals surface area contributed by atoms with E-state index < -0.39 is 0 Å². The number of carbonyl (C=O) groups is 1. The van der Waals surface area contributed by atoms with Crippen LogP contribution in [0.2, 0.25) is 0 Å². The Labute approximate surface area is 115 Å². The number of hydrogen-bond donors (Lipinski definition) is 1. The van der Waals surface area contributed by atoms with Crippen molar-refractivity contribution in [2.45, 2.75) is 31.0 Å². The van der Waals surface area contributed by atoms with Crippen LogP contribution in [0, 0.1) is 18.7 Å². The highest BCUT2D eigenvalue weighted by Gasteiger charge is 2.22. The van der Waals surface area contributed by atoms with Gasteiger partial charge >= 0.3 is 0 Å². The standard InChI is InChI=1S/C14H17BrFNO/c1-9-6-11(3-5-13(9)16)14(18)17-8-10-2-4-12(15)7-10/h3,5-6,10,12H,2,4,7-8H2,1H3,(H,17,18). The Morgan fingerprint density at radius 3 is 2.89 bits per heavy atom. The van der Waals surface area contributed by atoms with E-state index in [1.807, 2.05) is 0 Å². The Bertz CT molecular complexity index is 449. The van der Waals surface area contributed by atoms with Crippen molar-refractivity contribution < 1.29 is 9.18 Å². The van der Waals surface area contributed by atoms with E-state index in [1.54, 1.807) is 13.0 Å². The summed E-state index contributed by atoms with van der Waals surface area (Å²) in [5.74, 6) is 0.167. The summed E-state index contributed by atoms with van der Waals surface area (Å²) in [7, 11) is 0. The van der Waals surface area contributed by atoms with Crippen molar-refractivity contribution in [2.75, 3.05) is 6.54 Å². The number of aryl methyl sites for hydroxylation is 1. The maximum Gasteiger partial charge on any atom is 0.251 e. The van der Waals surface area contributed by atoms with Gasteiger partial charge in [-0.15, -0.1) is 0 Å². The molecule has 1 fully saturated rings. The Morgan fingerprint density at radius 2 is 2.28 bits per heavy atom. The zero-order valence-corrected chi connectivity index (χ0v) is 12.0. The lowest BCUT2D eigenvalue weighted by Crippen LogP contribution is -2.28. The molecule has 2 unspecified atom stereocenters. The molecule has 18 heavy (non-hydrogen) atoms. The minimum atomic E-state index is -0.274. The van der Waals surface area contributed by atoms with E-state index in [4.69, 9.17) is 0 Å². The molecule has 0 bridgehead atoms. The molecule has 0 radical (unpaired) electrons. The van der Waals surface area contributed by atoms with Gasteiger partial charge in [-0.3, -0.25) is 4.79 Å². The van der Waals surface area contributed by atoms with Crippen LogP contribution < -0.4 is 5.32 Å². The number of rotatable bonds is 3. The molecule has 2 nitrogen and oxygen atoms in total. The average Bonchev–Trinajstić information content (AvgIpc) is 2.75. The number of hydrogen-bond acceptors (Lipinski definition) is 1. The predicted octanol–water partition coefficient (Wildman–Crippen LogP) is 3.43. The van der Waals surface area contributed by atoms with E-state index >= 15 is 0 Å². The molecule has 1 saturated carbocycles. The predicted molar refractivity (Wildman–Crippen MR) is 73.5 cm³/mol. The summed E-state index contributed by atoms with van der Waals surface area (Å²) in [6.07, 6.45) is 3.44. The fraction of sp³-hybridized carbons (Fsp3) is 0.500. The number of benzene rings is 1. The van der Waals surface area contributed by atoms with E-state index in [0.29, 0.717) is 28.4 Å². The third-order valence-corrected chi connectivity index (χ3v) is 4.28. The highest BCUT2D eigenvalue weighted by molar-refractivity contribution is 9.09. The van der Waals surface area contributed by atoms with Crippen molar-refractivity contribution in [2.24, 2.45) is 5.92 Å². The van der Waals surface area contributed by atoms with E-state index in [0.717, 1.165) is 12.8 Å². The lowest BCUT2D eigenvalue weighted by Gasteiger charge is -2.11. The second kappa shape index (κ2) is 5.83. The molecule has 0 heterocycles. The molecule has 2 atom stereocenters. The first-order chi connectivity index (χ1) is 8.56. The van der Waals surface area contributed by atoms with Crippen LogP contribution in [0.5, 0.6) is 0 Å². The number of nitrogens with one attached hydrogen (secondary N) is 1. The lowest BCUT2D eigenvalue weighted by molar-refractivity contribution is 0.0947. The first-order valence-corrected chi connectivity index (χ1v) is 7.16. The van der Waals surface area contributed by atoms with E-state index in [9.17, 15) is 9.18 Å². The van der Waals surface area contributed by atoms with Gasteiger partial charge in [-0.25, -0.2) is 4.39 Å². The van der Waals surface area contributed by atoms with Gasteiger partial charge in [0.15, 0.2) is 0 Å². The van der Waals surface area contributed by atoms with Crippen molar-refractivity contribution in [1.29, 1.82) is 0 Å². The van der Waals surface area contributed by atoms with Crippen molar-refractivity contribution >= 4 is 21.8 Å². The summed E-state index contributed by atoms with van der Waals surface area (Å²) in [5.41, 5.74) is 1.03. The summed E-state index contributed by atoms with van der Waals surface area (Å²) in [6.45, 7) is 2.37. The van der Waals surface area contributed by atoms with Gasteiger partial charge in [0.25, 0.3) is 5.91 Å². The average molecular weight is 314 g/mol. The maximum absolute atomic E-state index is 13.1. The molecule has 1 amide bonds. The SMILES string of the molecule is Cc1cc(C(=O)NCC2CCC(Br)C2)ccc1F. The summed E-state index contributed by atoms with van der Waals surface area (Å²) in [4.78, 5) is 12.5. The van der Waals surface area contributed by atoms with Crippen molar-refractivity contribution in [3.05, 3.63) is 35.1 Å². The third kappa shape index (κ3) is 3.31. The normalized spacial score (nSPS) is 23.1. The fourth-order valence-electron chi connectivity index (χ4n) is 2.32. The van der Waals surface area contributed by atoms with Gasteiger partial charge in [0.1, 0.15) is 5.82 Å². The molecule has 1 aromatic carbocycles. The highest BCUT2D eigenvalue weighted by atomic mass is 79.9. The topological polar surface area (TPSA) is 29.1 Å². The van der Waals surface area contributed by atoms with Crippen LogP contribution in [-0.4, -0.2) is 17.3 Å². The van der Waals surface area contributed by atoms with Crippen LogP contribution in [0.25, 0.3) is 0 Å². The van der Waals surface area contributed by atoms with Crippen LogP contribution >= 0.6 is 15.9 Å². The number of amides is 1. The molecule has 1 aliphatic carbocycles. The monoisotopic (exact) mass is 313 g/mol. The van der Waals surface area contributed by atoms with Crippen molar-refractivity contribution in [3.8, 4) is 0 Å². The maximum atomic E-state index is 13.1. The molecule has 1 N–H and O–H groups in total. The van der Waals surface area contributed by atoms with Gasteiger partial charge in [-0.05, 0) is 55.9 Å². The van der Waals surface area contributed by atoms with E-state index in [-0.39, 0.29) is 11.7 Å². The summed E-state index contributed by atoms with van der Waals surface area (Å²) in [6, 6.07) is 4.46. The van der Waals surface area contributed by atoms with Crippen LogP contribution in [0.3, 0.4) is 0 Å². The molecular formula is C14H17BrFNO. The summed E-state index contributed by atoms with van der Waals surface area (Å²) < 4.78 is 13.1. The first-order valence-electron chi connectivity index (χ1n) is 6.24. The van der Waals surface area contributed by atoms with Gasteiger partial charge in [0, 0.05) is 16.9 Å². The molecule has 4 heteroatoms. The van der Waals surface area contributed by atoms with Crippen LogP contribution in [0.15, 0.2) is 18.2 Å². The van der Waals surface area contributed by atoms with E-state index in [2.05, 4.69) is 21.2 Å². The Kier molecular flexibility index (Phi) is 4.38. The Hall–Kier alpha value is -0.900. The van der Waals surface area contributed by atoms with E-state index in [1.165, 1.54) is 18.6 Å². The van der Waals surface area contributed by atoms with Crippen molar-refractivity contribution in [3.63, 3.8) is 0 Å². The zero-order chi connectivity index (χ0) is 13.1. The minimum Gasteiger partial charge on any atom is -0.352 e. The third-order valence-electron chi connectivity index (χ3n) is 3.45. The van der Waals surface area contributed by atoms with Gasteiger partial charge in [0.2, 0.25) is 0 Å². The molecular weight excluding hydrogens is 297 g/mol. The molecule has 0 spiro atoms. The van der Waals surface area contributed by atoms with Crippen molar-refractivity contribution in [1.82, 2.24) is 5.32 Å². The largest absolute Gasteiger partial charge is 0.352 e. The first kappa shape index (κ1) is 13.5. The number of carbonyl (C=O) groups excluding carboxylic acids is 1. The summed E-state index contributed by atoms with van der Waals surface area (Å²) in [5, 5.41) is 2.93.